The molecule has 4 heteroatoms. The SMILES string of the molecule is C=CC1=C(C=C)C(OC)(c2ccccc2C=O)c2ccc(N(CC)CC)cc2O1. The first-order valence-electron chi connectivity index (χ1n) is 9.77. The number of ether oxygens (including phenoxy) is 2. The number of hydrogen-bond donors (Lipinski definition) is 0. The fourth-order valence-electron chi connectivity index (χ4n) is 4.10. The van der Waals surface area contributed by atoms with Crippen LogP contribution in [0.2, 0.25) is 0 Å². The molecule has 0 saturated carbocycles. The highest BCUT2D eigenvalue weighted by molar-refractivity contribution is 5.80. The van der Waals surface area contributed by atoms with Gasteiger partial charge in [0.25, 0.3) is 0 Å². The highest BCUT2D eigenvalue weighted by Gasteiger charge is 2.45. The van der Waals surface area contributed by atoms with Crippen LogP contribution in [0.15, 0.2) is 79.1 Å². The van der Waals surface area contributed by atoms with Crippen molar-refractivity contribution in [3.63, 3.8) is 0 Å². The van der Waals surface area contributed by atoms with E-state index < -0.39 is 5.60 Å². The van der Waals surface area contributed by atoms with Gasteiger partial charge in [-0.2, -0.15) is 0 Å². The molecular formula is C25H27NO3. The normalized spacial score (nSPS) is 17.9. The Labute approximate surface area is 172 Å². The van der Waals surface area contributed by atoms with Crippen LogP contribution in [0.25, 0.3) is 0 Å². The number of carbonyl (C=O) groups is 1. The van der Waals surface area contributed by atoms with Crippen molar-refractivity contribution in [2.24, 2.45) is 0 Å². The summed E-state index contributed by atoms with van der Waals surface area (Å²) in [7, 11) is 1.64. The molecule has 0 fully saturated rings. The maximum absolute atomic E-state index is 11.9. The molecule has 0 aliphatic carbocycles. The van der Waals surface area contributed by atoms with E-state index >= 15 is 0 Å². The standard InChI is InChI=1S/C25H27NO3/c1-6-20-23(7-2)29-24-16-19(26(8-3)9-4)14-15-22(24)25(20,28-5)21-13-11-10-12-18(21)17-27/h6-7,10-17H,1-2,8-9H2,3-5H3. The number of rotatable bonds is 8. The van der Waals surface area contributed by atoms with Crippen molar-refractivity contribution in [2.45, 2.75) is 19.4 Å². The minimum absolute atomic E-state index is 0.554. The lowest BCUT2D eigenvalue weighted by Crippen LogP contribution is -2.37. The lowest BCUT2D eigenvalue weighted by Gasteiger charge is -2.40. The molecule has 1 heterocycles. The number of aldehydes is 1. The minimum Gasteiger partial charge on any atom is -0.456 e. The molecule has 1 aliphatic heterocycles. The second-order valence-corrected chi connectivity index (χ2v) is 6.73. The smallest absolute Gasteiger partial charge is 0.151 e. The van der Waals surface area contributed by atoms with Crippen LogP contribution >= 0.6 is 0 Å². The van der Waals surface area contributed by atoms with Crippen LogP contribution in [0.5, 0.6) is 5.75 Å². The summed E-state index contributed by atoms with van der Waals surface area (Å²) in [5.74, 6) is 1.24. The second kappa shape index (κ2) is 8.50. The molecule has 4 nitrogen and oxygen atoms in total. The third-order valence-corrected chi connectivity index (χ3v) is 5.50. The Morgan fingerprint density at radius 1 is 1.07 bits per heavy atom. The molecule has 2 aromatic rings. The van der Waals surface area contributed by atoms with Crippen molar-refractivity contribution >= 4 is 12.0 Å². The monoisotopic (exact) mass is 389 g/mol. The lowest BCUT2D eigenvalue weighted by molar-refractivity contribution is 0.0471. The van der Waals surface area contributed by atoms with Crippen LogP contribution in [0.1, 0.15) is 35.3 Å². The third-order valence-electron chi connectivity index (χ3n) is 5.50. The molecule has 3 rings (SSSR count). The quantitative estimate of drug-likeness (QED) is 0.578. The topological polar surface area (TPSA) is 38.8 Å². The molecule has 0 bridgehead atoms. The predicted octanol–water partition coefficient (Wildman–Crippen LogP) is 5.25. The predicted molar refractivity (Wildman–Crippen MR) is 118 cm³/mol. The highest BCUT2D eigenvalue weighted by atomic mass is 16.5. The van der Waals surface area contributed by atoms with Gasteiger partial charge < -0.3 is 14.4 Å². The molecular weight excluding hydrogens is 362 g/mol. The minimum atomic E-state index is -1.03. The highest BCUT2D eigenvalue weighted by Crippen LogP contribution is 2.50. The molecule has 150 valence electrons. The second-order valence-electron chi connectivity index (χ2n) is 6.73. The van der Waals surface area contributed by atoms with Crippen molar-refractivity contribution in [3.05, 3.63) is 95.8 Å². The van der Waals surface area contributed by atoms with Gasteiger partial charge in [0.15, 0.2) is 5.60 Å². The first kappa shape index (κ1) is 20.6. The molecule has 0 radical (unpaired) electrons. The molecule has 0 aromatic heterocycles. The van der Waals surface area contributed by atoms with Crippen molar-refractivity contribution < 1.29 is 14.3 Å². The van der Waals surface area contributed by atoms with E-state index in [4.69, 9.17) is 9.47 Å². The van der Waals surface area contributed by atoms with E-state index in [2.05, 4.69) is 38.0 Å². The van der Waals surface area contributed by atoms with E-state index in [1.807, 2.05) is 30.3 Å². The van der Waals surface area contributed by atoms with E-state index in [0.29, 0.717) is 22.6 Å². The maximum atomic E-state index is 11.9. The van der Waals surface area contributed by atoms with E-state index in [0.717, 1.165) is 36.2 Å². The van der Waals surface area contributed by atoms with Crippen molar-refractivity contribution in [2.75, 3.05) is 25.1 Å². The van der Waals surface area contributed by atoms with Crippen LogP contribution in [0.4, 0.5) is 5.69 Å². The van der Waals surface area contributed by atoms with Crippen LogP contribution in [0, 0.1) is 0 Å². The van der Waals surface area contributed by atoms with E-state index in [1.54, 1.807) is 25.3 Å². The third kappa shape index (κ3) is 3.19. The number of anilines is 1. The molecule has 0 amide bonds. The Hall–Kier alpha value is -3.11. The number of allylic oxidation sites excluding steroid dienone is 1. The van der Waals surface area contributed by atoms with Crippen LogP contribution in [-0.2, 0) is 10.3 Å². The first-order valence-corrected chi connectivity index (χ1v) is 9.77. The van der Waals surface area contributed by atoms with Gasteiger partial charge in [-0.15, -0.1) is 0 Å². The van der Waals surface area contributed by atoms with E-state index in [-0.39, 0.29) is 0 Å². The summed E-state index contributed by atoms with van der Waals surface area (Å²) in [5, 5.41) is 0. The Morgan fingerprint density at radius 3 is 2.38 bits per heavy atom. The molecule has 0 N–H and O–H groups in total. The average Bonchev–Trinajstić information content (AvgIpc) is 2.78. The zero-order chi connectivity index (χ0) is 21.0. The fourth-order valence-corrected chi connectivity index (χ4v) is 4.10. The fraction of sp³-hybridized carbons (Fsp3) is 0.240. The number of carbonyl (C=O) groups excluding carboxylic acids is 1. The molecule has 0 saturated heterocycles. The van der Waals surface area contributed by atoms with Gasteiger partial charge in [-0.3, -0.25) is 4.79 Å². The van der Waals surface area contributed by atoms with Gasteiger partial charge in [-0.05, 0) is 32.1 Å². The molecule has 0 spiro atoms. The molecule has 1 aliphatic rings. The van der Waals surface area contributed by atoms with Crippen LogP contribution in [-0.4, -0.2) is 26.5 Å². The number of nitrogens with zero attached hydrogens (tertiary/aromatic N) is 1. The summed E-state index contributed by atoms with van der Waals surface area (Å²) in [4.78, 5) is 14.1. The summed E-state index contributed by atoms with van der Waals surface area (Å²) in [6, 6.07) is 13.5. The zero-order valence-corrected chi connectivity index (χ0v) is 17.3. The molecule has 2 aromatic carbocycles. The lowest BCUT2D eigenvalue weighted by atomic mass is 9.75. The van der Waals surface area contributed by atoms with Gasteiger partial charge in [-0.1, -0.05) is 43.5 Å². The number of hydrogen-bond acceptors (Lipinski definition) is 4. The maximum Gasteiger partial charge on any atom is 0.151 e. The summed E-state index contributed by atoms with van der Waals surface area (Å²) in [5.41, 5.74) is 2.87. The van der Waals surface area contributed by atoms with Gasteiger partial charge in [0.2, 0.25) is 0 Å². The first-order chi connectivity index (χ1) is 14.1. The Morgan fingerprint density at radius 2 is 1.79 bits per heavy atom. The van der Waals surface area contributed by atoms with E-state index in [1.165, 1.54) is 0 Å². The average molecular weight is 389 g/mol. The van der Waals surface area contributed by atoms with Crippen LogP contribution < -0.4 is 9.64 Å². The summed E-state index contributed by atoms with van der Waals surface area (Å²) in [6.45, 7) is 13.9. The van der Waals surface area contributed by atoms with E-state index in [9.17, 15) is 4.79 Å². The Kier molecular flexibility index (Phi) is 6.04. The molecule has 29 heavy (non-hydrogen) atoms. The summed E-state index contributed by atoms with van der Waals surface area (Å²) < 4.78 is 12.4. The summed E-state index contributed by atoms with van der Waals surface area (Å²) in [6.07, 6.45) is 4.22. The van der Waals surface area contributed by atoms with Crippen LogP contribution in [0.3, 0.4) is 0 Å². The number of fused-ring (bicyclic) bond motifs is 1. The Bertz CT molecular complexity index is 972. The summed E-state index contributed by atoms with van der Waals surface area (Å²) >= 11 is 0. The zero-order valence-electron chi connectivity index (χ0n) is 17.3. The number of methoxy groups -OCH3 is 1. The van der Waals surface area contributed by atoms with Gasteiger partial charge >= 0.3 is 0 Å². The molecule has 1 unspecified atom stereocenters. The van der Waals surface area contributed by atoms with Gasteiger partial charge in [0, 0.05) is 54.2 Å². The van der Waals surface area contributed by atoms with Crippen molar-refractivity contribution in [1.82, 2.24) is 0 Å². The largest absolute Gasteiger partial charge is 0.456 e. The number of benzene rings is 2. The van der Waals surface area contributed by atoms with Gasteiger partial charge in [0.1, 0.15) is 17.8 Å². The van der Waals surface area contributed by atoms with Crippen molar-refractivity contribution in [3.8, 4) is 5.75 Å². The Balaban J connectivity index is 2.37. The molecule has 1 atom stereocenters. The van der Waals surface area contributed by atoms with Crippen molar-refractivity contribution in [1.29, 1.82) is 0 Å². The van der Waals surface area contributed by atoms with Gasteiger partial charge in [0.05, 0.1) is 0 Å². The van der Waals surface area contributed by atoms with Gasteiger partial charge in [-0.25, -0.2) is 0 Å².